The van der Waals surface area contributed by atoms with Gasteiger partial charge in [-0.05, 0) is 66.8 Å². The van der Waals surface area contributed by atoms with Gasteiger partial charge in [-0.1, -0.05) is 41.0 Å². The molecule has 0 radical (unpaired) electrons. The Morgan fingerprint density at radius 2 is 1.63 bits per heavy atom. The minimum Gasteiger partial charge on any atom is -0.390 e. The average Bonchev–Trinajstić information content (AvgIpc) is 3.35. The van der Waals surface area contributed by atoms with E-state index in [1.807, 2.05) is 62.4 Å². The van der Waals surface area contributed by atoms with Crippen molar-refractivity contribution in [1.29, 1.82) is 0 Å². The molecule has 49 heavy (non-hydrogen) atoms. The molecule has 0 aliphatic carbocycles. The number of aliphatic hydroxyl groups is 3. The number of hydrogen-bond donors (Lipinski definition) is 5. The van der Waals surface area contributed by atoms with Crippen LogP contribution in [0.3, 0.4) is 0 Å². The molecule has 2 bridgehead atoms. The molecule has 12 heteroatoms. The first-order chi connectivity index (χ1) is 22.8. The Morgan fingerprint density at radius 3 is 2.24 bits per heavy atom. The molecule has 18 atom stereocenters. The maximum atomic E-state index is 14.3. The van der Waals surface area contributed by atoms with E-state index in [9.17, 15) is 20.1 Å². The fraction of sp³-hybridized carbons (Fsp3) is 0.973. The van der Waals surface area contributed by atoms with Crippen LogP contribution in [-0.2, 0) is 33.2 Å². The molecule has 4 heterocycles. The van der Waals surface area contributed by atoms with Crippen LogP contribution in [-0.4, -0.2) is 120 Å². The van der Waals surface area contributed by atoms with Crippen LogP contribution in [0.1, 0.15) is 108 Å². The Kier molecular flexibility index (Phi) is 13.3. The van der Waals surface area contributed by atoms with Gasteiger partial charge in [0.25, 0.3) is 0 Å². The normalized spacial score (nSPS) is 51.7. The number of ether oxygens (including phenoxy) is 6. The fourth-order valence-corrected chi connectivity index (χ4v) is 9.32. The third-order valence-electron chi connectivity index (χ3n) is 12.2. The molecule has 4 rings (SSSR count). The largest absolute Gasteiger partial charge is 0.390 e. The minimum absolute atomic E-state index is 0.00573. The number of carbonyl (C=O) groups excluding carboxylic acids is 1. The molecule has 7 unspecified atom stereocenters. The van der Waals surface area contributed by atoms with E-state index >= 15 is 0 Å². The molecule has 286 valence electrons. The highest BCUT2D eigenvalue weighted by Gasteiger charge is 2.57. The van der Waals surface area contributed by atoms with Crippen LogP contribution in [0.15, 0.2) is 0 Å². The number of methoxy groups -OCH3 is 1. The Hall–Kier alpha value is -0.930. The third kappa shape index (κ3) is 8.66. The lowest BCUT2D eigenvalue weighted by Crippen LogP contribution is -2.61. The molecule has 0 aromatic heterocycles. The van der Waals surface area contributed by atoms with Crippen LogP contribution >= 0.6 is 0 Å². The number of likely N-dealkylation sites (N-methyl/N-ethyl adjacent to an activating group) is 1. The van der Waals surface area contributed by atoms with Crippen molar-refractivity contribution in [3.8, 4) is 0 Å². The number of aliphatic hydroxyl groups excluding tert-OH is 2. The summed E-state index contributed by atoms with van der Waals surface area (Å²) < 4.78 is 39.2. The lowest BCUT2D eigenvalue weighted by Gasteiger charge is -2.47. The predicted molar refractivity (Wildman–Crippen MR) is 185 cm³/mol. The van der Waals surface area contributed by atoms with Crippen LogP contribution in [0.2, 0.25) is 0 Å². The molecular formula is C37H68N2O10. The number of hydrogen-bond acceptors (Lipinski definition) is 11. The molecule has 5 N–H and O–H groups in total. The second-order valence-corrected chi connectivity index (χ2v) is 16.6. The van der Waals surface area contributed by atoms with Crippen LogP contribution < -0.4 is 10.6 Å². The fourth-order valence-electron chi connectivity index (χ4n) is 9.32. The van der Waals surface area contributed by atoms with Crippen LogP contribution in [0.25, 0.3) is 0 Å². The van der Waals surface area contributed by atoms with E-state index in [0.717, 1.165) is 0 Å². The van der Waals surface area contributed by atoms with Gasteiger partial charge in [0.1, 0.15) is 11.7 Å². The first-order valence-corrected chi connectivity index (χ1v) is 18.7. The average molecular weight is 701 g/mol. The van der Waals surface area contributed by atoms with E-state index in [0.29, 0.717) is 38.5 Å². The maximum absolute atomic E-state index is 14.3. The van der Waals surface area contributed by atoms with Gasteiger partial charge in [-0.3, -0.25) is 4.79 Å². The quantitative estimate of drug-likeness (QED) is 0.253. The summed E-state index contributed by atoms with van der Waals surface area (Å²) in [6.45, 7) is 19.4. The summed E-state index contributed by atoms with van der Waals surface area (Å²) in [7, 11) is 3.51. The van der Waals surface area contributed by atoms with Gasteiger partial charge >= 0.3 is 0 Å². The topological polar surface area (TPSA) is 157 Å². The number of carbonyl (C=O) groups is 1. The number of fused-ring (bicyclic) bond motifs is 2. The monoisotopic (exact) mass is 700 g/mol. The second kappa shape index (κ2) is 16.0. The van der Waals surface area contributed by atoms with Crippen LogP contribution in [0.4, 0.5) is 0 Å². The van der Waals surface area contributed by atoms with Gasteiger partial charge in [0.15, 0.2) is 12.6 Å². The van der Waals surface area contributed by atoms with Crippen LogP contribution in [0, 0.1) is 23.7 Å². The van der Waals surface area contributed by atoms with Gasteiger partial charge < -0.3 is 54.4 Å². The molecule has 1 amide bonds. The van der Waals surface area contributed by atoms with Crippen molar-refractivity contribution >= 4 is 5.91 Å². The molecule has 4 aliphatic rings. The molecule has 0 spiro atoms. The summed E-state index contributed by atoms with van der Waals surface area (Å²) in [5.74, 6) is -2.00. The number of rotatable bonds is 8. The third-order valence-corrected chi connectivity index (χ3v) is 12.2. The molecule has 4 fully saturated rings. The standard InChI is InChI=1S/C37H68N2O10/c1-13-14-26-37(10,43)31(41)22(5)29-19(2)16-36(9,49-29)32(48-34-28(40)25(38-11)15-20(3)46-34)23(6)30(24(7)33(42)39-26)47-27-18-35(8,44-12)17-21(4)45-27/h19-32,34,38,40-41,43H,13-18H2,1-12H3,(H,39,42)/t19-,20?,21?,22+,23+,24-,25?,26-,27?,28?,29-,30+,31-,32-,34?,35?,36-,37-/m1/s1. The summed E-state index contributed by atoms with van der Waals surface area (Å²) in [6, 6.07) is -0.957. The Morgan fingerprint density at radius 1 is 0.959 bits per heavy atom. The molecular weight excluding hydrogens is 632 g/mol. The van der Waals surface area contributed by atoms with Crippen molar-refractivity contribution in [2.45, 2.75) is 192 Å². The Bertz CT molecular complexity index is 1100. The summed E-state index contributed by atoms with van der Waals surface area (Å²) in [6.07, 6.45) is -2.45. The lowest BCUT2D eigenvalue weighted by molar-refractivity contribution is -0.308. The molecule has 0 saturated carbocycles. The Labute approximate surface area is 294 Å². The predicted octanol–water partition coefficient (Wildman–Crippen LogP) is 3.27. The van der Waals surface area contributed by atoms with E-state index in [1.165, 1.54) is 0 Å². The summed E-state index contributed by atoms with van der Waals surface area (Å²) in [5.41, 5.74) is -3.05. The van der Waals surface area contributed by atoms with Crippen molar-refractivity contribution in [1.82, 2.24) is 10.6 Å². The van der Waals surface area contributed by atoms with E-state index in [2.05, 4.69) is 17.6 Å². The van der Waals surface area contributed by atoms with Crippen molar-refractivity contribution in [2.75, 3.05) is 14.2 Å². The zero-order valence-electron chi connectivity index (χ0n) is 32.1. The summed E-state index contributed by atoms with van der Waals surface area (Å²) in [5, 5.41) is 41.4. The zero-order chi connectivity index (χ0) is 36.6. The number of nitrogens with one attached hydrogen (secondary N) is 2. The maximum Gasteiger partial charge on any atom is 0.225 e. The van der Waals surface area contributed by atoms with Crippen molar-refractivity contribution in [2.24, 2.45) is 23.7 Å². The first-order valence-electron chi connectivity index (χ1n) is 18.7. The van der Waals surface area contributed by atoms with Crippen molar-refractivity contribution in [3.63, 3.8) is 0 Å². The SMILES string of the molecule is CCC[C@H]1NC(=O)[C@H](C)[C@@H](OC2CC(C)(OC)CC(C)O2)[C@H](C)[C@@H](OC2OC(C)CC(NC)C2O)[C@@]2(C)C[C@@H](C)[C@@H](O2)[C@H](C)[C@@H](O)[C@]1(C)O. The van der Waals surface area contributed by atoms with E-state index < -0.39 is 83.7 Å². The van der Waals surface area contributed by atoms with Crippen molar-refractivity contribution < 1.29 is 48.5 Å². The van der Waals surface area contributed by atoms with Crippen LogP contribution in [0.5, 0.6) is 0 Å². The lowest BCUT2D eigenvalue weighted by atomic mass is 9.75. The highest BCUT2D eigenvalue weighted by molar-refractivity contribution is 5.79. The van der Waals surface area contributed by atoms with Crippen molar-refractivity contribution in [3.05, 3.63) is 0 Å². The van der Waals surface area contributed by atoms with E-state index in [-0.39, 0.29) is 30.1 Å². The van der Waals surface area contributed by atoms with Gasteiger partial charge in [-0.15, -0.1) is 0 Å². The molecule has 0 aromatic carbocycles. The van der Waals surface area contributed by atoms with Gasteiger partial charge in [0, 0.05) is 37.8 Å². The minimum atomic E-state index is -1.64. The first kappa shape index (κ1) is 40.8. The molecule has 0 aromatic rings. The summed E-state index contributed by atoms with van der Waals surface area (Å²) in [4.78, 5) is 14.3. The van der Waals surface area contributed by atoms with E-state index in [4.69, 9.17) is 28.4 Å². The highest BCUT2D eigenvalue weighted by Crippen LogP contribution is 2.47. The Balaban J connectivity index is 1.83. The highest BCUT2D eigenvalue weighted by atomic mass is 16.7. The molecule has 4 aliphatic heterocycles. The smallest absolute Gasteiger partial charge is 0.225 e. The number of amides is 1. The van der Waals surface area contributed by atoms with E-state index in [1.54, 1.807) is 14.0 Å². The molecule has 4 saturated heterocycles. The summed E-state index contributed by atoms with van der Waals surface area (Å²) >= 11 is 0. The zero-order valence-corrected chi connectivity index (χ0v) is 32.1. The second-order valence-electron chi connectivity index (χ2n) is 16.6. The molecule has 12 nitrogen and oxygen atoms in total. The van der Waals surface area contributed by atoms with Gasteiger partial charge in [0.05, 0.1) is 59.8 Å². The van der Waals surface area contributed by atoms with Gasteiger partial charge in [-0.25, -0.2) is 0 Å². The van der Waals surface area contributed by atoms with Gasteiger partial charge in [-0.2, -0.15) is 0 Å². The van der Waals surface area contributed by atoms with Gasteiger partial charge in [0.2, 0.25) is 5.91 Å².